The second-order valence-corrected chi connectivity index (χ2v) is 4.40. The van der Waals surface area contributed by atoms with E-state index in [2.05, 4.69) is 0 Å². The Balaban J connectivity index is 1.93. The van der Waals surface area contributed by atoms with Crippen LogP contribution in [0.5, 0.6) is 0 Å². The van der Waals surface area contributed by atoms with Crippen LogP contribution >= 0.6 is 0 Å². The van der Waals surface area contributed by atoms with Gasteiger partial charge in [-0.15, -0.1) is 0 Å². The number of allylic oxidation sites excluding steroid dienone is 1. The zero-order chi connectivity index (χ0) is 11.8. The molecule has 0 aliphatic heterocycles. The maximum atomic E-state index is 12.2. The van der Waals surface area contributed by atoms with Crippen molar-refractivity contribution in [2.45, 2.75) is 12.5 Å². The summed E-state index contributed by atoms with van der Waals surface area (Å²) in [6.45, 7) is 0. The predicted molar refractivity (Wildman–Crippen MR) is 65.8 cm³/mol. The van der Waals surface area contributed by atoms with Crippen molar-refractivity contribution >= 4 is 16.8 Å². The van der Waals surface area contributed by atoms with Gasteiger partial charge in [0.25, 0.3) is 0 Å². The third kappa shape index (κ3) is 1.78. The van der Waals surface area contributed by atoms with Gasteiger partial charge in [-0.3, -0.25) is 4.79 Å². The zero-order valence-electron chi connectivity index (χ0n) is 9.30. The van der Waals surface area contributed by atoms with Gasteiger partial charge in [-0.1, -0.05) is 30.4 Å². The number of Topliss-reactive ketones (excluding diaryl/α,β-unsaturated/α-hetero) is 1. The van der Waals surface area contributed by atoms with Gasteiger partial charge >= 0.3 is 0 Å². The van der Waals surface area contributed by atoms with E-state index < -0.39 is 0 Å². The standard InChI is InChI=1S/C14H13NO2/c15-11-6-5-10(7-11)14(16)13-8-9-3-1-2-4-12(9)17-13/h1-6,8,10-11H,7,15H2. The Hall–Kier alpha value is -1.87. The van der Waals surface area contributed by atoms with E-state index in [1.807, 2.05) is 36.4 Å². The average molecular weight is 227 g/mol. The van der Waals surface area contributed by atoms with E-state index in [-0.39, 0.29) is 17.7 Å². The van der Waals surface area contributed by atoms with Crippen LogP contribution in [0.15, 0.2) is 46.9 Å². The zero-order valence-corrected chi connectivity index (χ0v) is 9.30. The molecule has 2 N–H and O–H groups in total. The number of rotatable bonds is 2. The van der Waals surface area contributed by atoms with E-state index in [1.54, 1.807) is 6.07 Å². The lowest BCUT2D eigenvalue weighted by Gasteiger charge is -2.05. The minimum Gasteiger partial charge on any atom is -0.453 e. The molecule has 17 heavy (non-hydrogen) atoms. The lowest BCUT2D eigenvalue weighted by molar-refractivity contribution is 0.0917. The number of carbonyl (C=O) groups is 1. The van der Waals surface area contributed by atoms with Crippen LogP contribution in [0.2, 0.25) is 0 Å². The van der Waals surface area contributed by atoms with E-state index in [9.17, 15) is 4.79 Å². The van der Waals surface area contributed by atoms with Gasteiger partial charge in [0.2, 0.25) is 5.78 Å². The highest BCUT2D eigenvalue weighted by atomic mass is 16.3. The Kier molecular flexibility index (Phi) is 2.34. The monoisotopic (exact) mass is 227 g/mol. The van der Waals surface area contributed by atoms with Crippen molar-refractivity contribution in [2.24, 2.45) is 11.7 Å². The fourth-order valence-electron chi connectivity index (χ4n) is 2.21. The summed E-state index contributed by atoms with van der Waals surface area (Å²) < 4.78 is 5.55. The van der Waals surface area contributed by atoms with Gasteiger partial charge in [-0.2, -0.15) is 0 Å². The van der Waals surface area contributed by atoms with Crippen LogP contribution < -0.4 is 5.73 Å². The number of para-hydroxylation sites is 1. The lowest BCUT2D eigenvalue weighted by atomic mass is 10.0. The van der Waals surface area contributed by atoms with Crippen molar-refractivity contribution in [1.29, 1.82) is 0 Å². The van der Waals surface area contributed by atoms with Gasteiger partial charge in [0.05, 0.1) is 0 Å². The molecule has 2 unspecified atom stereocenters. The van der Waals surface area contributed by atoms with E-state index in [1.165, 1.54) is 0 Å². The van der Waals surface area contributed by atoms with Crippen LogP contribution in [0.25, 0.3) is 11.0 Å². The Morgan fingerprint density at radius 3 is 2.82 bits per heavy atom. The highest BCUT2D eigenvalue weighted by Gasteiger charge is 2.26. The molecule has 0 bridgehead atoms. The van der Waals surface area contributed by atoms with Crippen LogP contribution in [0.3, 0.4) is 0 Å². The maximum Gasteiger partial charge on any atom is 0.204 e. The van der Waals surface area contributed by atoms with Crippen molar-refractivity contribution in [3.05, 3.63) is 48.2 Å². The molecule has 1 aromatic heterocycles. The number of ketones is 1. The summed E-state index contributed by atoms with van der Waals surface area (Å²) in [7, 11) is 0. The molecule has 86 valence electrons. The predicted octanol–water partition coefficient (Wildman–Crippen LogP) is 2.52. The number of furan rings is 1. The van der Waals surface area contributed by atoms with Gasteiger partial charge < -0.3 is 10.2 Å². The van der Waals surface area contributed by atoms with Crippen molar-refractivity contribution in [3.8, 4) is 0 Å². The van der Waals surface area contributed by atoms with Gasteiger partial charge in [0.1, 0.15) is 5.58 Å². The van der Waals surface area contributed by atoms with E-state index >= 15 is 0 Å². The number of benzene rings is 1. The first kappa shape index (κ1) is 10.3. The second kappa shape index (κ2) is 3.86. The largest absolute Gasteiger partial charge is 0.453 e. The van der Waals surface area contributed by atoms with Crippen molar-refractivity contribution in [3.63, 3.8) is 0 Å². The second-order valence-electron chi connectivity index (χ2n) is 4.40. The molecule has 0 radical (unpaired) electrons. The molecule has 0 amide bonds. The summed E-state index contributed by atoms with van der Waals surface area (Å²) in [4.78, 5) is 12.2. The van der Waals surface area contributed by atoms with Gasteiger partial charge in [-0.25, -0.2) is 0 Å². The van der Waals surface area contributed by atoms with Gasteiger partial charge in [0, 0.05) is 17.3 Å². The summed E-state index contributed by atoms with van der Waals surface area (Å²) in [5.74, 6) is 0.311. The summed E-state index contributed by atoms with van der Waals surface area (Å²) in [5.41, 5.74) is 6.50. The van der Waals surface area contributed by atoms with E-state index in [0.717, 1.165) is 11.0 Å². The SMILES string of the molecule is NC1C=CC(C(=O)c2cc3ccccc3o2)C1. The third-order valence-corrected chi connectivity index (χ3v) is 3.12. The molecular formula is C14H13NO2. The molecule has 2 atom stereocenters. The van der Waals surface area contributed by atoms with Gasteiger partial charge in [-0.05, 0) is 18.6 Å². The van der Waals surface area contributed by atoms with Crippen molar-refractivity contribution < 1.29 is 9.21 Å². The molecule has 1 aliphatic carbocycles. The highest BCUT2D eigenvalue weighted by molar-refractivity contribution is 6.00. The molecule has 1 aromatic carbocycles. The summed E-state index contributed by atoms with van der Waals surface area (Å²) in [6, 6.07) is 9.42. The maximum absolute atomic E-state index is 12.2. The quantitative estimate of drug-likeness (QED) is 0.633. The Morgan fingerprint density at radius 2 is 2.12 bits per heavy atom. The van der Waals surface area contributed by atoms with Gasteiger partial charge in [0.15, 0.2) is 5.76 Å². The Bertz CT molecular complexity index is 564. The molecule has 0 saturated heterocycles. The Morgan fingerprint density at radius 1 is 1.29 bits per heavy atom. The molecule has 2 aromatic rings. The third-order valence-electron chi connectivity index (χ3n) is 3.12. The van der Waals surface area contributed by atoms with Crippen LogP contribution in [0.1, 0.15) is 17.0 Å². The van der Waals surface area contributed by atoms with Crippen molar-refractivity contribution in [2.75, 3.05) is 0 Å². The summed E-state index contributed by atoms with van der Waals surface area (Å²) in [5, 5.41) is 0.960. The van der Waals surface area contributed by atoms with Crippen LogP contribution in [0, 0.1) is 5.92 Å². The fraction of sp³-hybridized carbons (Fsp3) is 0.214. The first-order valence-corrected chi connectivity index (χ1v) is 5.71. The van der Waals surface area contributed by atoms with Crippen LogP contribution in [0.4, 0.5) is 0 Å². The molecule has 1 heterocycles. The first-order chi connectivity index (χ1) is 8.24. The number of carbonyl (C=O) groups excluding carboxylic acids is 1. The topological polar surface area (TPSA) is 56.2 Å². The number of hydrogen-bond acceptors (Lipinski definition) is 3. The Labute approximate surface area is 98.9 Å². The number of nitrogens with two attached hydrogens (primary N) is 1. The first-order valence-electron chi connectivity index (χ1n) is 5.71. The smallest absolute Gasteiger partial charge is 0.204 e. The average Bonchev–Trinajstić information content (AvgIpc) is 2.93. The molecular weight excluding hydrogens is 214 g/mol. The fourth-order valence-corrected chi connectivity index (χ4v) is 2.21. The minimum atomic E-state index is -0.134. The lowest BCUT2D eigenvalue weighted by Crippen LogP contribution is -2.18. The molecule has 3 rings (SSSR count). The highest BCUT2D eigenvalue weighted by Crippen LogP contribution is 2.25. The molecule has 1 aliphatic rings. The molecule has 0 spiro atoms. The van der Waals surface area contributed by atoms with Crippen LogP contribution in [-0.4, -0.2) is 11.8 Å². The number of fused-ring (bicyclic) bond motifs is 1. The summed E-state index contributed by atoms with van der Waals surface area (Å²) >= 11 is 0. The molecule has 0 saturated carbocycles. The molecule has 3 nitrogen and oxygen atoms in total. The minimum absolute atomic E-state index is 0.00618. The van der Waals surface area contributed by atoms with E-state index in [0.29, 0.717) is 12.2 Å². The molecule has 0 fully saturated rings. The summed E-state index contributed by atoms with van der Waals surface area (Å²) in [6.07, 6.45) is 4.43. The normalized spacial score (nSPS) is 23.4. The molecule has 3 heteroatoms. The number of hydrogen-bond donors (Lipinski definition) is 1. The van der Waals surface area contributed by atoms with Crippen molar-refractivity contribution in [1.82, 2.24) is 0 Å². The van der Waals surface area contributed by atoms with E-state index in [4.69, 9.17) is 10.2 Å². The van der Waals surface area contributed by atoms with Crippen LogP contribution in [-0.2, 0) is 0 Å².